The minimum atomic E-state index is -0.0706. The topological polar surface area (TPSA) is 32.3 Å². The molecule has 0 fully saturated rings. The van der Waals surface area contributed by atoms with Gasteiger partial charge in [0.05, 0.1) is 5.56 Å². The lowest BCUT2D eigenvalue weighted by atomic mass is 9.93. The second-order valence-electron chi connectivity index (χ2n) is 5.71. The Balaban J connectivity index is 2.68. The zero-order valence-electron chi connectivity index (χ0n) is 11.8. The van der Waals surface area contributed by atoms with Gasteiger partial charge in [-0.3, -0.25) is 4.79 Å². The number of hydrogen-bond acceptors (Lipinski definition) is 2. The molecule has 0 saturated heterocycles. The van der Waals surface area contributed by atoms with E-state index in [4.69, 9.17) is 11.6 Å². The summed E-state index contributed by atoms with van der Waals surface area (Å²) in [6.07, 6.45) is 0. The molecular formula is C14H20ClIN2O. The van der Waals surface area contributed by atoms with E-state index in [-0.39, 0.29) is 11.3 Å². The molecule has 0 radical (unpaired) electrons. The Bertz CT molecular complexity index is 461. The van der Waals surface area contributed by atoms with E-state index in [0.29, 0.717) is 17.1 Å². The molecule has 0 aliphatic rings. The van der Waals surface area contributed by atoms with Gasteiger partial charge in [-0.15, -0.1) is 0 Å². The van der Waals surface area contributed by atoms with Crippen LogP contribution in [0.5, 0.6) is 0 Å². The van der Waals surface area contributed by atoms with Gasteiger partial charge in [0, 0.05) is 21.7 Å². The lowest BCUT2D eigenvalue weighted by molar-refractivity contribution is 0.0928. The summed E-state index contributed by atoms with van der Waals surface area (Å²) in [5, 5.41) is 3.57. The van der Waals surface area contributed by atoms with Crippen LogP contribution in [-0.4, -0.2) is 38.0 Å². The molecule has 0 spiro atoms. The van der Waals surface area contributed by atoms with Crippen LogP contribution in [0.3, 0.4) is 0 Å². The summed E-state index contributed by atoms with van der Waals surface area (Å²) in [7, 11) is 4.06. The first kappa shape index (κ1) is 16.7. The molecule has 0 saturated carbocycles. The summed E-state index contributed by atoms with van der Waals surface area (Å²) in [6.45, 7) is 5.82. The highest BCUT2D eigenvalue weighted by Crippen LogP contribution is 2.19. The van der Waals surface area contributed by atoms with Crippen LogP contribution in [-0.2, 0) is 0 Å². The molecule has 106 valence electrons. The van der Waals surface area contributed by atoms with Crippen LogP contribution in [0, 0.1) is 8.99 Å². The molecule has 0 atom stereocenters. The van der Waals surface area contributed by atoms with Crippen molar-refractivity contribution in [3.8, 4) is 0 Å². The summed E-state index contributed by atoms with van der Waals surface area (Å²) in [5.41, 5.74) is 0.664. The fourth-order valence-corrected chi connectivity index (χ4v) is 2.75. The first-order valence-electron chi connectivity index (χ1n) is 6.09. The molecule has 3 nitrogen and oxygen atoms in total. The molecule has 0 aromatic heterocycles. The molecule has 1 N–H and O–H groups in total. The third-order valence-electron chi connectivity index (χ3n) is 2.64. The van der Waals surface area contributed by atoms with Gasteiger partial charge in [-0.2, -0.15) is 0 Å². The van der Waals surface area contributed by atoms with Crippen molar-refractivity contribution in [2.45, 2.75) is 13.8 Å². The van der Waals surface area contributed by atoms with Gasteiger partial charge in [-0.25, -0.2) is 0 Å². The number of benzene rings is 1. The maximum absolute atomic E-state index is 12.2. The van der Waals surface area contributed by atoms with Gasteiger partial charge in [0.15, 0.2) is 0 Å². The summed E-state index contributed by atoms with van der Waals surface area (Å²) >= 11 is 8.07. The molecule has 0 aliphatic carbocycles. The van der Waals surface area contributed by atoms with Crippen LogP contribution < -0.4 is 5.32 Å². The van der Waals surface area contributed by atoms with Gasteiger partial charge in [-0.1, -0.05) is 25.4 Å². The maximum atomic E-state index is 12.2. The highest BCUT2D eigenvalue weighted by molar-refractivity contribution is 14.1. The fourth-order valence-electron chi connectivity index (χ4n) is 2.00. The molecule has 1 amide bonds. The van der Waals surface area contributed by atoms with Crippen molar-refractivity contribution in [1.29, 1.82) is 0 Å². The van der Waals surface area contributed by atoms with E-state index in [2.05, 4.69) is 46.7 Å². The third-order valence-corrected chi connectivity index (χ3v) is 3.82. The van der Waals surface area contributed by atoms with Gasteiger partial charge >= 0.3 is 0 Å². The van der Waals surface area contributed by atoms with E-state index in [1.807, 2.05) is 20.2 Å². The Morgan fingerprint density at radius 3 is 2.63 bits per heavy atom. The second kappa shape index (κ2) is 6.90. The Morgan fingerprint density at radius 2 is 2.05 bits per heavy atom. The largest absolute Gasteiger partial charge is 0.351 e. The Kier molecular flexibility index (Phi) is 6.08. The molecule has 0 heterocycles. The van der Waals surface area contributed by atoms with Crippen LogP contribution in [0.4, 0.5) is 0 Å². The number of carbonyl (C=O) groups excluding carboxylic acids is 1. The van der Waals surface area contributed by atoms with Crippen molar-refractivity contribution >= 4 is 40.1 Å². The quantitative estimate of drug-likeness (QED) is 0.778. The van der Waals surface area contributed by atoms with E-state index >= 15 is 0 Å². The summed E-state index contributed by atoms with van der Waals surface area (Å²) in [4.78, 5) is 14.3. The molecule has 5 heteroatoms. The minimum absolute atomic E-state index is 0.0309. The summed E-state index contributed by atoms with van der Waals surface area (Å²) < 4.78 is 0.907. The van der Waals surface area contributed by atoms with Gasteiger partial charge in [0.2, 0.25) is 0 Å². The van der Waals surface area contributed by atoms with Crippen LogP contribution in [0.2, 0.25) is 5.02 Å². The van der Waals surface area contributed by atoms with Crippen molar-refractivity contribution < 1.29 is 4.79 Å². The highest BCUT2D eigenvalue weighted by Gasteiger charge is 2.20. The molecule has 1 rings (SSSR count). The number of amides is 1. The van der Waals surface area contributed by atoms with Crippen LogP contribution in [0.15, 0.2) is 18.2 Å². The van der Waals surface area contributed by atoms with Crippen molar-refractivity contribution in [1.82, 2.24) is 10.2 Å². The van der Waals surface area contributed by atoms with Gasteiger partial charge in [-0.05, 0) is 60.3 Å². The van der Waals surface area contributed by atoms with Crippen LogP contribution in [0.1, 0.15) is 24.2 Å². The average Bonchev–Trinajstić information content (AvgIpc) is 2.27. The van der Waals surface area contributed by atoms with E-state index in [0.717, 1.165) is 10.1 Å². The van der Waals surface area contributed by atoms with Crippen LogP contribution in [0.25, 0.3) is 0 Å². The number of nitrogens with zero attached hydrogens (tertiary/aromatic N) is 1. The van der Waals surface area contributed by atoms with E-state index in [1.165, 1.54) is 0 Å². The summed E-state index contributed by atoms with van der Waals surface area (Å²) in [6, 6.07) is 5.34. The minimum Gasteiger partial charge on any atom is -0.351 e. The molecule has 1 aromatic carbocycles. The van der Waals surface area contributed by atoms with E-state index in [1.54, 1.807) is 12.1 Å². The van der Waals surface area contributed by atoms with Gasteiger partial charge < -0.3 is 10.2 Å². The fraction of sp³-hybridized carbons (Fsp3) is 0.500. The standard InChI is InChI=1S/C14H20ClIN2O/c1-14(2,9-18(3)4)8-17-13(19)11-7-10(15)5-6-12(11)16/h5-7H,8-9H2,1-4H3,(H,17,19). The first-order chi connectivity index (χ1) is 8.71. The van der Waals surface area contributed by atoms with Gasteiger partial charge in [0.1, 0.15) is 0 Å². The summed E-state index contributed by atoms with van der Waals surface area (Å²) in [5.74, 6) is -0.0706. The average molecular weight is 395 g/mol. The third kappa shape index (κ3) is 5.67. The number of hydrogen-bond donors (Lipinski definition) is 1. The Morgan fingerprint density at radius 1 is 1.42 bits per heavy atom. The monoisotopic (exact) mass is 394 g/mol. The zero-order chi connectivity index (χ0) is 14.6. The Hall–Kier alpha value is -0.330. The van der Waals surface area contributed by atoms with Crippen molar-refractivity contribution in [2.24, 2.45) is 5.41 Å². The molecule has 0 unspecified atom stereocenters. The number of rotatable bonds is 5. The molecule has 0 bridgehead atoms. The number of halogens is 2. The molecule has 0 aliphatic heterocycles. The normalized spacial score (nSPS) is 11.7. The van der Waals surface area contributed by atoms with Crippen molar-refractivity contribution in [2.75, 3.05) is 27.2 Å². The number of nitrogens with one attached hydrogen (secondary N) is 1. The zero-order valence-corrected chi connectivity index (χ0v) is 14.7. The van der Waals surface area contributed by atoms with Gasteiger partial charge in [0.25, 0.3) is 5.91 Å². The molecule has 19 heavy (non-hydrogen) atoms. The lowest BCUT2D eigenvalue weighted by Gasteiger charge is -2.28. The van der Waals surface area contributed by atoms with Crippen molar-refractivity contribution in [3.63, 3.8) is 0 Å². The number of carbonyl (C=O) groups is 1. The van der Waals surface area contributed by atoms with E-state index in [9.17, 15) is 4.79 Å². The lowest BCUT2D eigenvalue weighted by Crippen LogP contribution is -2.40. The molecule has 1 aromatic rings. The molecular weight excluding hydrogens is 375 g/mol. The SMILES string of the molecule is CN(C)CC(C)(C)CNC(=O)c1cc(Cl)ccc1I. The second-order valence-corrected chi connectivity index (χ2v) is 7.31. The Labute approximate surface area is 133 Å². The highest BCUT2D eigenvalue weighted by atomic mass is 127. The predicted octanol–water partition coefficient (Wildman–Crippen LogP) is 3.26. The van der Waals surface area contributed by atoms with Crippen molar-refractivity contribution in [3.05, 3.63) is 32.4 Å². The smallest absolute Gasteiger partial charge is 0.252 e. The predicted molar refractivity (Wildman–Crippen MR) is 88.8 cm³/mol. The van der Waals surface area contributed by atoms with Crippen LogP contribution >= 0.6 is 34.2 Å². The first-order valence-corrected chi connectivity index (χ1v) is 7.55. The maximum Gasteiger partial charge on any atom is 0.252 e. The van der Waals surface area contributed by atoms with E-state index < -0.39 is 0 Å².